The summed E-state index contributed by atoms with van der Waals surface area (Å²) in [5.74, 6) is -2.22. The van der Waals surface area contributed by atoms with Gasteiger partial charge in [0.2, 0.25) is 11.8 Å². The number of urea groups is 2. The minimum Gasteiger partial charge on any atom is -0.352 e. The Hall–Kier alpha value is -2.12. The number of hydrogen-bond donors (Lipinski definition) is 3. The lowest BCUT2D eigenvalue weighted by atomic mass is 9.92. The molecule has 1 saturated heterocycles. The van der Waals surface area contributed by atoms with Crippen molar-refractivity contribution in [2.45, 2.75) is 13.8 Å². The monoisotopic (exact) mass is 256 g/mol. The molecule has 6 amide bonds. The van der Waals surface area contributed by atoms with Gasteiger partial charge in [0, 0.05) is 13.1 Å². The largest absolute Gasteiger partial charge is 0.352 e. The SMILES string of the molecule is CC(C)C1C(=O)NC(=O)N(CCNC(N)=O)C1=O. The molecule has 0 aromatic rings. The smallest absolute Gasteiger partial charge is 0.330 e. The highest BCUT2D eigenvalue weighted by Gasteiger charge is 2.41. The normalized spacial score (nSPS) is 20.1. The molecule has 0 aromatic heterocycles. The first-order chi connectivity index (χ1) is 8.34. The van der Waals surface area contributed by atoms with Gasteiger partial charge in [0.05, 0.1) is 0 Å². The molecule has 18 heavy (non-hydrogen) atoms. The number of amides is 6. The molecule has 0 radical (unpaired) electrons. The van der Waals surface area contributed by atoms with Gasteiger partial charge in [-0.1, -0.05) is 13.8 Å². The third kappa shape index (κ3) is 2.96. The maximum atomic E-state index is 12.0. The Morgan fingerprint density at radius 3 is 2.56 bits per heavy atom. The number of nitrogens with two attached hydrogens (primary N) is 1. The molecule has 1 aliphatic heterocycles. The zero-order valence-electron chi connectivity index (χ0n) is 10.2. The highest BCUT2D eigenvalue weighted by Crippen LogP contribution is 2.18. The standard InChI is InChI=1S/C10H16N4O4/c1-5(2)6-7(15)13-10(18)14(8(6)16)4-3-12-9(11)17/h5-6H,3-4H2,1-2H3,(H3,11,12,17)(H,13,15,18). The second kappa shape index (κ2) is 5.48. The van der Waals surface area contributed by atoms with Crippen LogP contribution in [-0.2, 0) is 9.59 Å². The lowest BCUT2D eigenvalue weighted by molar-refractivity contribution is -0.144. The summed E-state index contributed by atoms with van der Waals surface area (Å²) in [5, 5.41) is 4.38. The van der Waals surface area contributed by atoms with Crippen LogP contribution < -0.4 is 16.4 Å². The van der Waals surface area contributed by atoms with Crippen LogP contribution in [0.15, 0.2) is 0 Å². The number of imide groups is 2. The van der Waals surface area contributed by atoms with Crippen LogP contribution in [0.4, 0.5) is 9.59 Å². The molecule has 8 heteroatoms. The molecule has 0 bridgehead atoms. The highest BCUT2D eigenvalue weighted by molar-refractivity contribution is 6.16. The summed E-state index contributed by atoms with van der Waals surface area (Å²) in [6.45, 7) is 3.47. The van der Waals surface area contributed by atoms with E-state index in [4.69, 9.17) is 5.73 Å². The number of nitrogens with one attached hydrogen (secondary N) is 2. The fraction of sp³-hybridized carbons (Fsp3) is 0.600. The van der Waals surface area contributed by atoms with E-state index in [0.717, 1.165) is 4.90 Å². The van der Waals surface area contributed by atoms with Gasteiger partial charge in [-0.3, -0.25) is 19.8 Å². The van der Waals surface area contributed by atoms with E-state index in [2.05, 4.69) is 10.6 Å². The summed E-state index contributed by atoms with van der Waals surface area (Å²) >= 11 is 0. The maximum absolute atomic E-state index is 12.0. The van der Waals surface area contributed by atoms with Crippen molar-refractivity contribution < 1.29 is 19.2 Å². The molecular formula is C10H16N4O4. The Morgan fingerprint density at radius 1 is 1.44 bits per heavy atom. The van der Waals surface area contributed by atoms with Gasteiger partial charge in [-0.2, -0.15) is 0 Å². The first kappa shape index (κ1) is 13.9. The van der Waals surface area contributed by atoms with Crippen LogP contribution >= 0.6 is 0 Å². The van der Waals surface area contributed by atoms with Crippen LogP contribution in [0, 0.1) is 11.8 Å². The number of carbonyl (C=O) groups excluding carboxylic acids is 4. The predicted molar refractivity (Wildman–Crippen MR) is 61.2 cm³/mol. The van der Waals surface area contributed by atoms with Crippen molar-refractivity contribution in [3.63, 3.8) is 0 Å². The van der Waals surface area contributed by atoms with Crippen molar-refractivity contribution in [3.05, 3.63) is 0 Å². The molecule has 0 aromatic carbocycles. The number of rotatable bonds is 4. The van der Waals surface area contributed by atoms with Crippen molar-refractivity contribution in [1.82, 2.24) is 15.5 Å². The number of primary amides is 1. The summed E-state index contributed by atoms with van der Waals surface area (Å²) in [7, 11) is 0. The third-order valence-corrected chi connectivity index (χ3v) is 2.59. The van der Waals surface area contributed by atoms with E-state index < -0.39 is 29.8 Å². The molecule has 1 atom stereocenters. The summed E-state index contributed by atoms with van der Waals surface area (Å²) < 4.78 is 0. The molecule has 100 valence electrons. The highest BCUT2D eigenvalue weighted by atomic mass is 16.2. The fourth-order valence-corrected chi connectivity index (χ4v) is 1.72. The molecule has 1 rings (SSSR count). The Balaban J connectivity index is 2.71. The Kier molecular flexibility index (Phi) is 4.24. The van der Waals surface area contributed by atoms with Crippen LogP contribution in [0.3, 0.4) is 0 Å². The van der Waals surface area contributed by atoms with Gasteiger partial charge in [0.15, 0.2) is 0 Å². The van der Waals surface area contributed by atoms with Gasteiger partial charge in [-0.15, -0.1) is 0 Å². The first-order valence-electron chi connectivity index (χ1n) is 5.54. The van der Waals surface area contributed by atoms with Gasteiger partial charge < -0.3 is 11.1 Å². The number of hydrogen-bond acceptors (Lipinski definition) is 4. The van der Waals surface area contributed by atoms with Crippen molar-refractivity contribution in [2.75, 3.05) is 13.1 Å². The van der Waals surface area contributed by atoms with E-state index in [1.807, 2.05) is 0 Å². The lowest BCUT2D eigenvalue weighted by Crippen LogP contribution is -2.60. The molecule has 1 heterocycles. The third-order valence-electron chi connectivity index (χ3n) is 2.59. The molecule has 0 aliphatic carbocycles. The van der Waals surface area contributed by atoms with Crippen LogP contribution in [-0.4, -0.2) is 41.9 Å². The van der Waals surface area contributed by atoms with Crippen LogP contribution in [0.1, 0.15) is 13.8 Å². The van der Waals surface area contributed by atoms with E-state index in [1.165, 1.54) is 0 Å². The summed E-state index contributed by atoms with van der Waals surface area (Å²) in [5.41, 5.74) is 4.87. The molecule has 1 unspecified atom stereocenters. The first-order valence-corrected chi connectivity index (χ1v) is 5.54. The minimum absolute atomic E-state index is 0.0237. The van der Waals surface area contributed by atoms with Crippen molar-refractivity contribution in [2.24, 2.45) is 17.6 Å². The van der Waals surface area contributed by atoms with E-state index in [-0.39, 0.29) is 19.0 Å². The molecule has 4 N–H and O–H groups in total. The Labute approximate surface area is 104 Å². The van der Waals surface area contributed by atoms with Crippen molar-refractivity contribution in [3.8, 4) is 0 Å². The van der Waals surface area contributed by atoms with Crippen molar-refractivity contribution >= 4 is 23.9 Å². The van der Waals surface area contributed by atoms with Gasteiger partial charge in [-0.25, -0.2) is 9.59 Å². The lowest BCUT2D eigenvalue weighted by Gasteiger charge is -2.31. The predicted octanol–water partition coefficient (Wildman–Crippen LogP) is -0.995. The van der Waals surface area contributed by atoms with Crippen LogP contribution in [0.25, 0.3) is 0 Å². The number of nitrogens with zero attached hydrogens (tertiary/aromatic N) is 1. The molecule has 8 nitrogen and oxygen atoms in total. The average Bonchev–Trinajstić information content (AvgIpc) is 2.21. The Bertz CT molecular complexity index is 393. The topological polar surface area (TPSA) is 122 Å². The van der Waals surface area contributed by atoms with Gasteiger partial charge in [0.25, 0.3) is 0 Å². The molecule has 1 fully saturated rings. The zero-order valence-corrected chi connectivity index (χ0v) is 10.2. The molecule has 0 saturated carbocycles. The summed E-state index contributed by atoms with van der Waals surface area (Å²) in [6, 6.07) is -1.51. The van der Waals surface area contributed by atoms with Crippen LogP contribution in [0.2, 0.25) is 0 Å². The quantitative estimate of drug-likeness (QED) is 0.559. The van der Waals surface area contributed by atoms with E-state index in [1.54, 1.807) is 13.8 Å². The van der Waals surface area contributed by atoms with Gasteiger partial charge in [-0.05, 0) is 5.92 Å². The van der Waals surface area contributed by atoms with E-state index in [9.17, 15) is 19.2 Å². The van der Waals surface area contributed by atoms with Crippen LogP contribution in [0.5, 0.6) is 0 Å². The number of barbiturate groups is 1. The average molecular weight is 256 g/mol. The van der Waals surface area contributed by atoms with Gasteiger partial charge in [0.1, 0.15) is 5.92 Å². The summed E-state index contributed by atoms with van der Waals surface area (Å²) in [4.78, 5) is 46.4. The Morgan fingerprint density at radius 2 is 2.06 bits per heavy atom. The van der Waals surface area contributed by atoms with E-state index in [0.29, 0.717) is 0 Å². The second-order valence-electron chi connectivity index (χ2n) is 4.30. The second-order valence-corrected chi connectivity index (χ2v) is 4.30. The maximum Gasteiger partial charge on any atom is 0.330 e. The fourth-order valence-electron chi connectivity index (χ4n) is 1.72. The van der Waals surface area contributed by atoms with E-state index >= 15 is 0 Å². The minimum atomic E-state index is -0.878. The molecule has 1 aliphatic rings. The zero-order chi connectivity index (χ0) is 13.9. The molecule has 0 spiro atoms. The van der Waals surface area contributed by atoms with Gasteiger partial charge >= 0.3 is 12.1 Å². The number of carbonyl (C=O) groups is 4. The summed E-state index contributed by atoms with van der Waals surface area (Å²) in [6.07, 6.45) is 0. The van der Waals surface area contributed by atoms with Crippen molar-refractivity contribution in [1.29, 1.82) is 0 Å². The molecular weight excluding hydrogens is 240 g/mol.